The van der Waals surface area contributed by atoms with Gasteiger partial charge < -0.3 is 4.90 Å². The molecular formula is C13H21N3O. The van der Waals surface area contributed by atoms with E-state index in [4.69, 9.17) is 5.84 Å². The van der Waals surface area contributed by atoms with Gasteiger partial charge in [-0.05, 0) is 31.4 Å². The molecule has 0 heterocycles. The molecule has 3 N–H and O–H groups in total. The van der Waals surface area contributed by atoms with Crippen molar-refractivity contribution in [1.29, 1.82) is 0 Å². The second-order valence-electron chi connectivity index (χ2n) is 4.23. The lowest BCUT2D eigenvalue weighted by Gasteiger charge is -2.21. The first-order valence-corrected chi connectivity index (χ1v) is 5.91. The van der Waals surface area contributed by atoms with Crippen LogP contribution in [0.4, 0.5) is 5.69 Å². The SMILES string of the molecule is Cc1ccccc1N(C)CCCCC(=O)NN. The number of hydrogen-bond acceptors (Lipinski definition) is 3. The molecule has 0 spiro atoms. The molecule has 0 aliphatic heterocycles. The Kier molecular flexibility index (Phi) is 5.49. The summed E-state index contributed by atoms with van der Waals surface area (Å²) in [6.45, 7) is 3.05. The van der Waals surface area contributed by atoms with Crippen LogP contribution < -0.4 is 16.2 Å². The van der Waals surface area contributed by atoms with Crippen molar-refractivity contribution < 1.29 is 4.79 Å². The molecule has 0 aromatic heterocycles. The van der Waals surface area contributed by atoms with Crippen LogP contribution in [0.15, 0.2) is 24.3 Å². The van der Waals surface area contributed by atoms with Crippen LogP contribution in [0.5, 0.6) is 0 Å². The number of hydrogen-bond donors (Lipinski definition) is 2. The summed E-state index contributed by atoms with van der Waals surface area (Å²) in [5.41, 5.74) is 4.66. The van der Waals surface area contributed by atoms with Crippen LogP contribution in [0.1, 0.15) is 24.8 Å². The highest BCUT2D eigenvalue weighted by atomic mass is 16.2. The Balaban J connectivity index is 2.33. The molecule has 0 fully saturated rings. The molecule has 0 saturated carbocycles. The summed E-state index contributed by atoms with van der Waals surface area (Å²) in [5.74, 6) is 4.92. The average molecular weight is 235 g/mol. The number of aryl methyl sites for hydroxylation is 1. The number of benzene rings is 1. The van der Waals surface area contributed by atoms with Gasteiger partial charge in [-0.15, -0.1) is 0 Å². The van der Waals surface area contributed by atoms with Crippen molar-refractivity contribution in [3.8, 4) is 0 Å². The summed E-state index contributed by atoms with van der Waals surface area (Å²) in [7, 11) is 2.07. The molecule has 4 heteroatoms. The maximum Gasteiger partial charge on any atom is 0.233 e. The summed E-state index contributed by atoms with van der Waals surface area (Å²) >= 11 is 0. The number of rotatable bonds is 6. The van der Waals surface area contributed by atoms with Gasteiger partial charge in [-0.1, -0.05) is 18.2 Å². The lowest BCUT2D eigenvalue weighted by atomic mass is 10.1. The van der Waals surface area contributed by atoms with Crippen LogP contribution in [-0.4, -0.2) is 19.5 Å². The van der Waals surface area contributed by atoms with E-state index in [0.717, 1.165) is 19.4 Å². The Bertz CT molecular complexity index is 365. The highest BCUT2D eigenvalue weighted by molar-refractivity contribution is 5.75. The fourth-order valence-corrected chi connectivity index (χ4v) is 1.82. The first-order chi connectivity index (χ1) is 8.15. The maximum absolute atomic E-state index is 10.9. The third-order valence-electron chi connectivity index (χ3n) is 2.84. The summed E-state index contributed by atoms with van der Waals surface area (Å²) in [6, 6.07) is 8.30. The molecule has 94 valence electrons. The third kappa shape index (κ3) is 4.44. The van der Waals surface area contributed by atoms with E-state index in [-0.39, 0.29) is 5.91 Å². The Morgan fingerprint density at radius 1 is 1.35 bits per heavy atom. The summed E-state index contributed by atoms with van der Waals surface area (Å²) < 4.78 is 0. The fourth-order valence-electron chi connectivity index (χ4n) is 1.82. The number of carbonyl (C=O) groups is 1. The molecule has 0 atom stereocenters. The number of amides is 1. The van der Waals surface area contributed by atoms with Crippen LogP contribution >= 0.6 is 0 Å². The molecule has 0 unspecified atom stereocenters. The van der Waals surface area contributed by atoms with Gasteiger partial charge in [0.1, 0.15) is 0 Å². The fraction of sp³-hybridized carbons (Fsp3) is 0.462. The van der Waals surface area contributed by atoms with Gasteiger partial charge in [0, 0.05) is 25.7 Å². The van der Waals surface area contributed by atoms with Gasteiger partial charge in [-0.3, -0.25) is 10.2 Å². The number of nitrogens with zero attached hydrogens (tertiary/aromatic N) is 1. The Hall–Kier alpha value is -1.55. The van der Waals surface area contributed by atoms with Crippen molar-refractivity contribution in [3.63, 3.8) is 0 Å². The number of hydrazine groups is 1. The predicted molar refractivity (Wildman–Crippen MR) is 70.6 cm³/mol. The highest BCUT2D eigenvalue weighted by Gasteiger charge is 2.04. The zero-order chi connectivity index (χ0) is 12.7. The van der Waals surface area contributed by atoms with E-state index in [1.165, 1.54) is 11.3 Å². The maximum atomic E-state index is 10.9. The van der Waals surface area contributed by atoms with E-state index in [0.29, 0.717) is 6.42 Å². The summed E-state index contributed by atoms with van der Waals surface area (Å²) in [5, 5.41) is 0. The van der Waals surface area contributed by atoms with Crippen LogP contribution in [0.25, 0.3) is 0 Å². The Morgan fingerprint density at radius 2 is 2.06 bits per heavy atom. The molecule has 0 bridgehead atoms. The molecule has 0 saturated heterocycles. The van der Waals surface area contributed by atoms with Crippen molar-refractivity contribution >= 4 is 11.6 Å². The van der Waals surface area contributed by atoms with Crippen molar-refractivity contribution in [2.75, 3.05) is 18.5 Å². The number of unbranched alkanes of at least 4 members (excludes halogenated alkanes) is 1. The quantitative estimate of drug-likeness (QED) is 0.341. The zero-order valence-electron chi connectivity index (χ0n) is 10.6. The largest absolute Gasteiger partial charge is 0.374 e. The minimum atomic E-state index is -0.0939. The smallest absolute Gasteiger partial charge is 0.233 e. The summed E-state index contributed by atoms with van der Waals surface area (Å²) in [6.07, 6.45) is 2.34. The van der Waals surface area contributed by atoms with Gasteiger partial charge in [-0.25, -0.2) is 5.84 Å². The predicted octanol–water partition coefficient (Wildman–Crippen LogP) is 1.59. The van der Waals surface area contributed by atoms with Crippen molar-refractivity contribution in [1.82, 2.24) is 5.43 Å². The zero-order valence-corrected chi connectivity index (χ0v) is 10.6. The van der Waals surface area contributed by atoms with Gasteiger partial charge in [0.2, 0.25) is 5.91 Å². The molecule has 0 radical (unpaired) electrons. The van der Waals surface area contributed by atoms with Crippen LogP contribution in [0, 0.1) is 6.92 Å². The van der Waals surface area contributed by atoms with Crippen LogP contribution in [0.2, 0.25) is 0 Å². The first kappa shape index (κ1) is 13.5. The lowest BCUT2D eigenvalue weighted by molar-refractivity contribution is -0.121. The minimum absolute atomic E-state index is 0.0939. The van der Waals surface area contributed by atoms with Crippen LogP contribution in [-0.2, 0) is 4.79 Å². The highest BCUT2D eigenvalue weighted by Crippen LogP contribution is 2.18. The molecular weight excluding hydrogens is 214 g/mol. The standard InChI is InChI=1S/C13H21N3O/c1-11-7-3-4-8-12(11)16(2)10-6-5-9-13(17)15-14/h3-4,7-8H,5-6,9-10,14H2,1-2H3,(H,15,17). The topological polar surface area (TPSA) is 58.4 Å². The van der Waals surface area contributed by atoms with Crippen molar-refractivity contribution in [3.05, 3.63) is 29.8 Å². The molecule has 1 aromatic carbocycles. The third-order valence-corrected chi connectivity index (χ3v) is 2.84. The molecule has 1 rings (SSSR count). The Morgan fingerprint density at radius 3 is 2.71 bits per heavy atom. The van der Waals surface area contributed by atoms with E-state index in [9.17, 15) is 4.79 Å². The molecule has 1 aromatic rings. The lowest BCUT2D eigenvalue weighted by Crippen LogP contribution is -2.29. The average Bonchev–Trinajstić information content (AvgIpc) is 2.34. The van der Waals surface area contributed by atoms with Gasteiger partial charge in [0.05, 0.1) is 0 Å². The number of carbonyl (C=O) groups excluding carboxylic acids is 1. The van der Waals surface area contributed by atoms with E-state index in [1.807, 2.05) is 12.1 Å². The van der Waals surface area contributed by atoms with Crippen molar-refractivity contribution in [2.24, 2.45) is 5.84 Å². The molecule has 17 heavy (non-hydrogen) atoms. The molecule has 1 amide bonds. The first-order valence-electron chi connectivity index (χ1n) is 5.91. The van der Waals surface area contributed by atoms with Gasteiger partial charge in [-0.2, -0.15) is 0 Å². The number of anilines is 1. The Labute approximate surface area is 103 Å². The molecule has 0 aliphatic rings. The van der Waals surface area contributed by atoms with Crippen LogP contribution in [0.3, 0.4) is 0 Å². The molecule has 4 nitrogen and oxygen atoms in total. The number of nitrogens with one attached hydrogen (secondary N) is 1. The van der Waals surface area contributed by atoms with E-state index in [1.54, 1.807) is 0 Å². The normalized spacial score (nSPS) is 10.1. The van der Waals surface area contributed by atoms with Gasteiger partial charge in [0.25, 0.3) is 0 Å². The van der Waals surface area contributed by atoms with E-state index >= 15 is 0 Å². The second-order valence-corrected chi connectivity index (χ2v) is 4.23. The minimum Gasteiger partial charge on any atom is -0.374 e. The van der Waals surface area contributed by atoms with Crippen molar-refractivity contribution in [2.45, 2.75) is 26.2 Å². The summed E-state index contributed by atoms with van der Waals surface area (Å²) in [4.78, 5) is 13.1. The van der Waals surface area contributed by atoms with Gasteiger partial charge in [0.15, 0.2) is 0 Å². The van der Waals surface area contributed by atoms with Gasteiger partial charge >= 0.3 is 0 Å². The number of nitrogens with two attached hydrogens (primary N) is 1. The molecule has 0 aliphatic carbocycles. The van der Waals surface area contributed by atoms with E-state index < -0.39 is 0 Å². The second kappa shape index (κ2) is 6.91. The van der Waals surface area contributed by atoms with E-state index in [2.05, 4.69) is 36.4 Å². The number of para-hydroxylation sites is 1. The monoisotopic (exact) mass is 235 g/mol.